The van der Waals surface area contributed by atoms with Crippen LogP contribution in [0.5, 0.6) is 0 Å². The van der Waals surface area contributed by atoms with Crippen LogP contribution in [0.4, 0.5) is 17.6 Å². The van der Waals surface area contributed by atoms with Crippen molar-refractivity contribution in [2.24, 2.45) is 11.8 Å². The molecule has 1 atom stereocenters. The summed E-state index contributed by atoms with van der Waals surface area (Å²) in [5, 5.41) is 0. The molecule has 1 nitrogen and oxygen atoms in total. The molecular formula is C33H40F4O. The molecule has 5 heteroatoms. The van der Waals surface area contributed by atoms with Gasteiger partial charge in [-0.05, 0) is 104 Å². The van der Waals surface area contributed by atoms with Gasteiger partial charge in [-0.3, -0.25) is 0 Å². The van der Waals surface area contributed by atoms with Crippen LogP contribution in [0.15, 0.2) is 24.0 Å². The van der Waals surface area contributed by atoms with Crippen LogP contribution in [0.1, 0.15) is 106 Å². The van der Waals surface area contributed by atoms with Crippen molar-refractivity contribution in [3.05, 3.63) is 69.5 Å². The van der Waals surface area contributed by atoms with Crippen molar-refractivity contribution in [2.75, 3.05) is 6.61 Å². The maximum absolute atomic E-state index is 15.6. The van der Waals surface area contributed by atoms with Gasteiger partial charge in [-0.1, -0.05) is 45.2 Å². The van der Waals surface area contributed by atoms with Crippen LogP contribution in [-0.4, -0.2) is 6.61 Å². The van der Waals surface area contributed by atoms with Gasteiger partial charge in [0.2, 0.25) is 0 Å². The largest absolute Gasteiger partial charge is 0.498 e. The highest BCUT2D eigenvalue weighted by molar-refractivity contribution is 5.75. The second kappa shape index (κ2) is 11.8. The first kappa shape index (κ1) is 27.3. The Morgan fingerprint density at radius 3 is 2.05 bits per heavy atom. The van der Waals surface area contributed by atoms with E-state index in [-0.39, 0.29) is 17.0 Å². The van der Waals surface area contributed by atoms with Gasteiger partial charge >= 0.3 is 0 Å². The van der Waals surface area contributed by atoms with E-state index >= 15 is 13.2 Å². The van der Waals surface area contributed by atoms with E-state index in [1.165, 1.54) is 19.3 Å². The fourth-order valence-electron chi connectivity index (χ4n) is 6.97. The number of aryl methyl sites for hydroxylation is 3. The topological polar surface area (TPSA) is 9.23 Å². The zero-order valence-electron chi connectivity index (χ0n) is 22.8. The summed E-state index contributed by atoms with van der Waals surface area (Å²) in [6.07, 6.45) is 13.6. The first-order valence-corrected chi connectivity index (χ1v) is 14.8. The minimum atomic E-state index is -1.05. The number of ether oxygens (including phenoxy) is 1. The zero-order valence-corrected chi connectivity index (χ0v) is 22.8. The van der Waals surface area contributed by atoms with Crippen molar-refractivity contribution in [2.45, 2.75) is 103 Å². The smallest absolute Gasteiger partial charge is 0.167 e. The maximum Gasteiger partial charge on any atom is 0.167 e. The predicted molar refractivity (Wildman–Crippen MR) is 144 cm³/mol. The highest BCUT2D eigenvalue weighted by Gasteiger charge is 2.34. The lowest BCUT2D eigenvalue weighted by Gasteiger charge is -2.36. The number of halogens is 4. The van der Waals surface area contributed by atoms with Crippen molar-refractivity contribution in [1.82, 2.24) is 0 Å². The SMILES string of the molecule is CCCCCC1=CCC(C2CCC(c3cc4c(c(F)c3F)-c3c(cc(CCC)c(F)c3F)CC4)CC2)CO1. The lowest BCUT2D eigenvalue weighted by atomic mass is 9.72. The molecule has 0 spiro atoms. The van der Waals surface area contributed by atoms with E-state index in [2.05, 4.69) is 13.0 Å². The molecule has 5 rings (SSSR count). The molecule has 1 heterocycles. The third-order valence-corrected chi connectivity index (χ3v) is 9.15. The molecule has 0 bridgehead atoms. The first-order valence-electron chi connectivity index (χ1n) is 14.8. The third-order valence-electron chi connectivity index (χ3n) is 9.15. The van der Waals surface area contributed by atoms with Crippen LogP contribution in [0, 0.1) is 35.1 Å². The van der Waals surface area contributed by atoms with Gasteiger partial charge < -0.3 is 4.74 Å². The highest BCUT2D eigenvalue weighted by Crippen LogP contribution is 2.46. The number of hydrogen-bond acceptors (Lipinski definition) is 1. The summed E-state index contributed by atoms with van der Waals surface area (Å²) in [5.74, 6) is -1.79. The maximum atomic E-state index is 15.6. The Labute approximate surface area is 224 Å². The standard InChI is InChI=1S/C33H40F4O/c1-3-5-6-8-26-16-15-25(19-38-26)20-9-11-21(12-10-20)27-18-23-14-13-22-17-24(7-4-2)30(34)32(36)28(22)29(23)33(37)31(27)35/h16-18,20-21,25H,3-15,19H2,1-2H3. The van der Waals surface area contributed by atoms with E-state index in [9.17, 15) is 4.39 Å². The molecule has 0 aromatic heterocycles. The van der Waals surface area contributed by atoms with Gasteiger partial charge in [-0.2, -0.15) is 0 Å². The fraction of sp³-hybridized carbons (Fsp3) is 0.576. The van der Waals surface area contributed by atoms with E-state index in [0.717, 1.165) is 50.9 Å². The van der Waals surface area contributed by atoms with Crippen LogP contribution < -0.4 is 0 Å². The van der Waals surface area contributed by atoms with E-state index in [1.807, 2.05) is 6.92 Å². The van der Waals surface area contributed by atoms with Crippen molar-refractivity contribution < 1.29 is 22.3 Å². The van der Waals surface area contributed by atoms with Crippen LogP contribution in [-0.2, 0) is 24.0 Å². The first-order chi connectivity index (χ1) is 18.4. The molecular weight excluding hydrogens is 488 g/mol. The summed E-state index contributed by atoms with van der Waals surface area (Å²) in [6.45, 7) is 4.87. The summed E-state index contributed by atoms with van der Waals surface area (Å²) in [7, 11) is 0. The molecule has 0 N–H and O–H groups in total. The normalized spacial score (nSPS) is 22.9. The molecule has 0 radical (unpaired) electrons. The molecule has 38 heavy (non-hydrogen) atoms. The molecule has 1 aliphatic heterocycles. The molecule has 1 unspecified atom stereocenters. The Morgan fingerprint density at radius 2 is 1.42 bits per heavy atom. The lowest BCUT2D eigenvalue weighted by Crippen LogP contribution is -2.27. The Hall–Kier alpha value is -2.30. The second-order valence-electron chi connectivity index (χ2n) is 11.6. The quantitative estimate of drug-likeness (QED) is 0.245. The number of benzene rings is 2. The molecule has 206 valence electrons. The number of rotatable bonds is 8. The molecule has 0 saturated heterocycles. The molecule has 0 amide bonds. The summed E-state index contributed by atoms with van der Waals surface area (Å²) in [4.78, 5) is 0. The Kier molecular flexibility index (Phi) is 8.50. The van der Waals surface area contributed by atoms with Crippen LogP contribution in [0.25, 0.3) is 11.1 Å². The fourth-order valence-corrected chi connectivity index (χ4v) is 6.97. The van der Waals surface area contributed by atoms with Gasteiger partial charge in [0.05, 0.1) is 12.4 Å². The van der Waals surface area contributed by atoms with Gasteiger partial charge in [-0.15, -0.1) is 0 Å². The molecule has 1 saturated carbocycles. The van der Waals surface area contributed by atoms with Crippen molar-refractivity contribution >= 4 is 0 Å². The van der Waals surface area contributed by atoms with E-state index in [1.54, 1.807) is 12.1 Å². The summed E-state index contributed by atoms with van der Waals surface area (Å²) >= 11 is 0. The minimum Gasteiger partial charge on any atom is -0.498 e. The molecule has 2 aromatic rings. The summed E-state index contributed by atoms with van der Waals surface area (Å²) < 4.78 is 67.0. The van der Waals surface area contributed by atoms with Gasteiger partial charge in [0.25, 0.3) is 0 Å². The van der Waals surface area contributed by atoms with Crippen LogP contribution in [0.2, 0.25) is 0 Å². The Balaban J connectivity index is 1.30. The number of allylic oxidation sites excluding steroid dienone is 2. The molecule has 3 aliphatic rings. The van der Waals surface area contributed by atoms with Crippen molar-refractivity contribution in [3.63, 3.8) is 0 Å². The predicted octanol–water partition coefficient (Wildman–Crippen LogP) is 9.74. The van der Waals surface area contributed by atoms with Gasteiger partial charge in [0.1, 0.15) is 0 Å². The average Bonchev–Trinajstić information content (AvgIpc) is 2.94. The van der Waals surface area contributed by atoms with E-state index in [0.29, 0.717) is 59.8 Å². The number of unbranched alkanes of at least 4 members (excludes halogenated alkanes) is 2. The molecule has 2 aromatic carbocycles. The zero-order chi connectivity index (χ0) is 26.8. The van der Waals surface area contributed by atoms with E-state index in [4.69, 9.17) is 4.74 Å². The lowest BCUT2D eigenvalue weighted by molar-refractivity contribution is 0.0887. The van der Waals surface area contributed by atoms with Crippen LogP contribution >= 0.6 is 0 Å². The summed E-state index contributed by atoms with van der Waals surface area (Å²) in [5.41, 5.74) is 1.72. The second-order valence-corrected chi connectivity index (χ2v) is 11.6. The number of hydrogen-bond donors (Lipinski definition) is 0. The molecule has 2 aliphatic carbocycles. The van der Waals surface area contributed by atoms with Crippen LogP contribution in [0.3, 0.4) is 0 Å². The minimum absolute atomic E-state index is 0.0504. The summed E-state index contributed by atoms with van der Waals surface area (Å²) in [6, 6.07) is 3.39. The third kappa shape index (κ3) is 5.27. The van der Waals surface area contributed by atoms with Gasteiger partial charge in [-0.25, -0.2) is 17.6 Å². The monoisotopic (exact) mass is 528 g/mol. The Morgan fingerprint density at radius 1 is 0.737 bits per heavy atom. The van der Waals surface area contributed by atoms with Crippen molar-refractivity contribution in [3.8, 4) is 11.1 Å². The highest BCUT2D eigenvalue weighted by atomic mass is 19.2. The molecule has 1 fully saturated rings. The average molecular weight is 529 g/mol. The van der Waals surface area contributed by atoms with Gasteiger partial charge in [0, 0.05) is 17.5 Å². The van der Waals surface area contributed by atoms with Gasteiger partial charge in [0.15, 0.2) is 23.3 Å². The Bertz CT molecular complexity index is 1190. The number of fused-ring (bicyclic) bond motifs is 3. The van der Waals surface area contributed by atoms with Crippen molar-refractivity contribution in [1.29, 1.82) is 0 Å². The van der Waals surface area contributed by atoms with E-state index < -0.39 is 23.3 Å².